The second kappa shape index (κ2) is 6.23. The fourth-order valence-corrected chi connectivity index (χ4v) is 2.74. The number of nitrogen functional groups attached to an aromatic ring is 1. The van der Waals surface area contributed by atoms with Crippen LogP contribution in [0.3, 0.4) is 0 Å². The summed E-state index contributed by atoms with van der Waals surface area (Å²) in [7, 11) is 3.87. The van der Waals surface area contributed by atoms with Gasteiger partial charge in [0.05, 0.1) is 7.11 Å². The van der Waals surface area contributed by atoms with E-state index in [4.69, 9.17) is 10.5 Å². The molecule has 0 unspecified atom stereocenters. The van der Waals surface area contributed by atoms with Gasteiger partial charge < -0.3 is 20.3 Å². The number of rotatable bonds is 3. The minimum atomic E-state index is 0.525. The van der Waals surface area contributed by atoms with Gasteiger partial charge in [-0.15, -0.1) is 0 Å². The molecule has 0 aliphatic carbocycles. The van der Waals surface area contributed by atoms with E-state index in [1.54, 1.807) is 13.3 Å². The van der Waals surface area contributed by atoms with Crippen LogP contribution in [-0.4, -0.2) is 50.2 Å². The van der Waals surface area contributed by atoms with Crippen LogP contribution < -0.4 is 15.4 Å². The molecule has 0 radical (unpaired) electrons. The molecule has 2 heterocycles. The number of nitrogens with two attached hydrogens (primary N) is 1. The van der Waals surface area contributed by atoms with Crippen LogP contribution in [0.25, 0.3) is 11.1 Å². The molecule has 1 aliphatic rings. The zero-order valence-electron chi connectivity index (χ0n) is 13.1. The molecule has 0 amide bonds. The first-order valence-electron chi connectivity index (χ1n) is 7.51. The lowest BCUT2D eigenvalue weighted by atomic mass is 10.1. The first kappa shape index (κ1) is 14.7. The molecular weight excluding hydrogens is 276 g/mol. The Morgan fingerprint density at radius 3 is 2.50 bits per heavy atom. The van der Waals surface area contributed by atoms with E-state index in [9.17, 15) is 0 Å². The van der Waals surface area contributed by atoms with E-state index in [-0.39, 0.29) is 0 Å². The third-order valence-corrected chi connectivity index (χ3v) is 4.15. The zero-order valence-corrected chi connectivity index (χ0v) is 13.1. The van der Waals surface area contributed by atoms with Crippen molar-refractivity contribution in [2.75, 3.05) is 51.0 Å². The Hall–Kier alpha value is -2.27. The van der Waals surface area contributed by atoms with E-state index in [0.29, 0.717) is 5.82 Å². The molecule has 2 N–H and O–H groups in total. The van der Waals surface area contributed by atoms with Crippen molar-refractivity contribution in [3.63, 3.8) is 0 Å². The highest BCUT2D eigenvalue weighted by atomic mass is 16.5. The summed E-state index contributed by atoms with van der Waals surface area (Å²) in [5.74, 6) is 1.39. The number of aromatic nitrogens is 1. The summed E-state index contributed by atoms with van der Waals surface area (Å²) in [4.78, 5) is 8.90. The van der Waals surface area contributed by atoms with Crippen molar-refractivity contribution >= 4 is 11.5 Å². The van der Waals surface area contributed by atoms with E-state index in [1.807, 2.05) is 12.1 Å². The molecule has 1 aliphatic heterocycles. The van der Waals surface area contributed by atoms with Crippen molar-refractivity contribution in [1.82, 2.24) is 9.88 Å². The maximum Gasteiger partial charge on any atom is 0.128 e. The second-order valence-electron chi connectivity index (χ2n) is 5.65. The van der Waals surface area contributed by atoms with Crippen molar-refractivity contribution in [3.8, 4) is 16.9 Å². The fourth-order valence-electron chi connectivity index (χ4n) is 2.74. The number of hydrogen-bond acceptors (Lipinski definition) is 5. The average molecular weight is 298 g/mol. The van der Waals surface area contributed by atoms with Crippen molar-refractivity contribution in [3.05, 3.63) is 36.5 Å². The maximum atomic E-state index is 5.66. The fraction of sp³-hybridized carbons (Fsp3) is 0.353. The lowest BCUT2D eigenvalue weighted by molar-refractivity contribution is 0.312. The van der Waals surface area contributed by atoms with E-state index < -0.39 is 0 Å². The highest BCUT2D eigenvalue weighted by Gasteiger charge is 2.16. The molecule has 0 bridgehead atoms. The standard InChI is InChI=1S/C17H22N4O/c1-20-7-9-21(10-8-20)14-4-5-15(16(11-14)22-2)13-3-6-17(18)19-12-13/h3-6,11-12H,7-10H2,1-2H3,(H2,18,19). The van der Waals surface area contributed by atoms with Crippen LogP contribution in [0, 0.1) is 0 Å². The molecule has 1 fully saturated rings. The van der Waals surface area contributed by atoms with Crippen LogP contribution in [0.15, 0.2) is 36.5 Å². The molecule has 116 valence electrons. The normalized spacial score (nSPS) is 15.8. The van der Waals surface area contributed by atoms with Gasteiger partial charge in [-0.25, -0.2) is 4.98 Å². The molecule has 5 heteroatoms. The summed E-state index contributed by atoms with van der Waals surface area (Å²) in [6, 6.07) is 10.1. The molecule has 1 saturated heterocycles. The molecule has 1 aromatic carbocycles. The molecule has 0 atom stereocenters. The van der Waals surface area contributed by atoms with E-state index in [2.05, 4.69) is 40.0 Å². The van der Waals surface area contributed by atoms with Crippen molar-refractivity contribution in [2.24, 2.45) is 0 Å². The van der Waals surface area contributed by atoms with Gasteiger partial charge in [0.25, 0.3) is 0 Å². The van der Waals surface area contributed by atoms with Crippen molar-refractivity contribution in [2.45, 2.75) is 0 Å². The number of ether oxygens (including phenoxy) is 1. The van der Waals surface area contributed by atoms with E-state index in [0.717, 1.165) is 43.1 Å². The van der Waals surface area contributed by atoms with E-state index >= 15 is 0 Å². The predicted molar refractivity (Wildman–Crippen MR) is 90.3 cm³/mol. The van der Waals surface area contributed by atoms with Gasteiger partial charge in [0.1, 0.15) is 11.6 Å². The topological polar surface area (TPSA) is 54.6 Å². The monoisotopic (exact) mass is 298 g/mol. The summed E-state index contributed by atoms with van der Waals surface area (Å²) >= 11 is 0. The van der Waals surface area contributed by atoms with Gasteiger partial charge in [-0.2, -0.15) is 0 Å². The summed E-state index contributed by atoms with van der Waals surface area (Å²) in [5, 5.41) is 0. The average Bonchev–Trinajstić information content (AvgIpc) is 2.56. The quantitative estimate of drug-likeness (QED) is 0.940. The summed E-state index contributed by atoms with van der Waals surface area (Å²) in [6.07, 6.45) is 1.78. The Morgan fingerprint density at radius 2 is 1.86 bits per heavy atom. The minimum absolute atomic E-state index is 0.525. The number of likely N-dealkylation sites (N-methyl/N-ethyl adjacent to an activating group) is 1. The lowest BCUT2D eigenvalue weighted by Gasteiger charge is -2.34. The molecule has 0 saturated carbocycles. The zero-order chi connectivity index (χ0) is 15.5. The SMILES string of the molecule is COc1cc(N2CCN(C)CC2)ccc1-c1ccc(N)nc1. The molecule has 2 aromatic rings. The number of nitrogens with zero attached hydrogens (tertiary/aromatic N) is 3. The predicted octanol–water partition coefficient (Wildman–Crippen LogP) is 2.09. The second-order valence-corrected chi connectivity index (χ2v) is 5.65. The van der Waals surface area contributed by atoms with Gasteiger partial charge >= 0.3 is 0 Å². The first-order chi connectivity index (χ1) is 10.7. The molecule has 3 rings (SSSR count). The van der Waals surface area contributed by atoms with Gasteiger partial charge in [-0.05, 0) is 31.3 Å². The minimum Gasteiger partial charge on any atom is -0.496 e. The van der Waals surface area contributed by atoms with Crippen LogP contribution in [0.2, 0.25) is 0 Å². The molecule has 5 nitrogen and oxygen atoms in total. The number of pyridine rings is 1. The van der Waals surface area contributed by atoms with Gasteiger partial charge in [-0.3, -0.25) is 0 Å². The molecule has 22 heavy (non-hydrogen) atoms. The molecule has 1 aromatic heterocycles. The molecule has 0 spiro atoms. The third-order valence-electron chi connectivity index (χ3n) is 4.15. The Bertz CT molecular complexity index is 634. The number of hydrogen-bond donors (Lipinski definition) is 1. The number of piperazine rings is 1. The molecular formula is C17H22N4O. The summed E-state index contributed by atoms with van der Waals surface area (Å²) < 4.78 is 5.59. The summed E-state index contributed by atoms with van der Waals surface area (Å²) in [5.41, 5.74) is 8.91. The third kappa shape index (κ3) is 2.99. The van der Waals surface area contributed by atoms with Crippen LogP contribution in [0.1, 0.15) is 0 Å². The van der Waals surface area contributed by atoms with Crippen LogP contribution in [0.5, 0.6) is 5.75 Å². The lowest BCUT2D eigenvalue weighted by Crippen LogP contribution is -2.44. The Morgan fingerprint density at radius 1 is 1.09 bits per heavy atom. The number of anilines is 2. The van der Waals surface area contributed by atoms with Gasteiger partial charge in [-0.1, -0.05) is 0 Å². The van der Waals surface area contributed by atoms with Gasteiger partial charge in [0.2, 0.25) is 0 Å². The Labute approximate surface area is 131 Å². The van der Waals surface area contributed by atoms with Gasteiger partial charge in [0.15, 0.2) is 0 Å². The maximum absolute atomic E-state index is 5.66. The van der Waals surface area contributed by atoms with Crippen LogP contribution >= 0.6 is 0 Å². The van der Waals surface area contributed by atoms with Crippen LogP contribution in [-0.2, 0) is 0 Å². The van der Waals surface area contributed by atoms with Crippen molar-refractivity contribution in [1.29, 1.82) is 0 Å². The van der Waals surface area contributed by atoms with E-state index in [1.165, 1.54) is 5.69 Å². The highest BCUT2D eigenvalue weighted by molar-refractivity contribution is 5.73. The first-order valence-corrected chi connectivity index (χ1v) is 7.51. The highest BCUT2D eigenvalue weighted by Crippen LogP contribution is 2.33. The smallest absolute Gasteiger partial charge is 0.128 e. The number of benzene rings is 1. The summed E-state index contributed by atoms with van der Waals surface area (Å²) in [6.45, 7) is 4.27. The van der Waals surface area contributed by atoms with Crippen LogP contribution in [0.4, 0.5) is 11.5 Å². The van der Waals surface area contributed by atoms with Crippen molar-refractivity contribution < 1.29 is 4.74 Å². The Kier molecular flexibility index (Phi) is 4.15. The van der Waals surface area contributed by atoms with Gasteiger partial charge in [0, 0.05) is 55.3 Å². The largest absolute Gasteiger partial charge is 0.496 e. The number of methoxy groups -OCH3 is 1. The Balaban J connectivity index is 1.89.